The lowest BCUT2D eigenvalue weighted by atomic mass is 9.79. The van der Waals surface area contributed by atoms with Gasteiger partial charge in [-0.1, -0.05) is 20.8 Å². The Morgan fingerprint density at radius 3 is 2.23 bits per heavy atom. The van der Waals surface area contributed by atoms with Crippen LogP contribution in [0.2, 0.25) is 0 Å². The molecule has 4 N–H and O–H groups in total. The molecule has 0 amide bonds. The number of hydrogen-bond donors (Lipinski definition) is 4. The molecule has 0 aromatic heterocycles. The van der Waals surface area contributed by atoms with Gasteiger partial charge in [0.2, 0.25) is 0 Å². The fourth-order valence-electron chi connectivity index (χ4n) is 7.09. The fraction of sp³-hybridized carbons (Fsp3) is 0.967. The van der Waals surface area contributed by atoms with Crippen LogP contribution in [0.1, 0.15) is 88.0 Å². The average Bonchev–Trinajstić information content (AvgIpc) is 3.68. The molecule has 40 heavy (non-hydrogen) atoms. The Morgan fingerprint density at radius 1 is 1.05 bits per heavy atom. The molecule has 0 aromatic rings. The number of ether oxygens (including phenoxy) is 5. The Hall–Kier alpha value is -0.850. The standard InChI is InChI=1S/C30H55NO9/c1-11-22-29(9,35)25(32)20(5)31-15-17(2)12-27(7,34)13-18(3)24(19(4)26(33)39-22)40-23-14-28(8,36-10)30(16-37-30)21(6)38-23/h17-25,31-32,34-35H,11-16H2,1-10H3/t17-,18-,19-,20-,21+,22-,23+,24+,25-,27+,28-,29-,30+/m1/s1. The Bertz CT molecular complexity index is 862. The molecule has 234 valence electrons. The minimum absolute atomic E-state index is 0.0863. The van der Waals surface area contributed by atoms with E-state index in [1.807, 2.05) is 41.5 Å². The van der Waals surface area contributed by atoms with Crippen molar-refractivity contribution in [1.29, 1.82) is 0 Å². The fourth-order valence-corrected chi connectivity index (χ4v) is 7.09. The number of methoxy groups -OCH3 is 1. The third-order valence-corrected chi connectivity index (χ3v) is 9.80. The quantitative estimate of drug-likeness (QED) is 0.293. The predicted molar refractivity (Wildman–Crippen MR) is 150 cm³/mol. The summed E-state index contributed by atoms with van der Waals surface area (Å²) in [5.74, 6) is -1.44. The number of epoxide rings is 1. The molecule has 13 atom stereocenters. The third-order valence-electron chi connectivity index (χ3n) is 9.80. The largest absolute Gasteiger partial charge is 0.459 e. The first-order valence-corrected chi connectivity index (χ1v) is 15.0. The molecule has 0 aromatic carbocycles. The van der Waals surface area contributed by atoms with Crippen molar-refractivity contribution in [1.82, 2.24) is 5.32 Å². The van der Waals surface area contributed by atoms with E-state index < -0.39 is 64.9 Å². The van der Waals surface area contributed by atoms with Crippen molar-refractivity contribution in [3.05, 3.63) is 0 Å². The maximum atomic E-state index is 13.6. The molecule has 3 fully saturated rings. The maximum absolute atomic E-state index is 13.6. The van der Waals surface area contributed by atoms with Crippen LogP contribution >= 0.6 is 0 Å². The summed E-state index contributed by atoms with van der Waals surface area (Å²) in [7, 11) is 1.66. The molecule has 3 aliphatic rings. The molecule has 3 heterocycles. The van der Waals surface area contributed by atoms with E-state index in [-0.39, 0.29) is 17.9 Å². The van der Waals surface area contributed by atoms with Crippen LogP contribution in [0.15, 0.2) is 0 Å². The number of esters is 1. The van der Waals surface area contributed by atoms with E-state index in [1.54, 1.807) is 21.0 Å². The van der Waals surface area contributed by atoms with Gasteiger partial charge in [0.15, 0.2) is 6.29 Å². The Balaban J connectivity index is 1.92. The van der Waals surface area contributed by atoms with Crippen molar-refractivity contribution in [2.75, 3.05) is 20.3 Å². The summed E-state index contributed by atoms with van der Waals surface area (Å²) in [6, 6.07) is -0.466. The van der Waals surface area contributed by atoms with Crippen molar-refractivity contribution in [2.24, 2.45) is 17.8 Å². The number of rotatable bonds is 4. The lowest BCUT2D eigenvalue weighted by molar-refractivity contribution is -0.288. The molecule has 3 rings (SSSR count). The first-order chi connectivity index (χ1) is 18.4. The number of carbonyl (C=O) groups excluding carboxylic acids is 1. The maximum Gasteiger partial charge on any atom is 0.311 e. The van der Waals surface area contributed by atoms with E-state index in [2.05, 4.69) is 5.32 Å². The molecule has 0 bridgehead atoms. The van der Waals surface area contributed by atoms with Gasteiger partial charge < -0.3 is 44.3 Å². The highest BCUT2D eigenvalue weighted by Crippen LogP contribution is 2.51. The average molecular weight is 574 g/mol. The first kappa shape index (κ1) is 33.6. The number of nitrogens with one attached hydrogen (secondary N) is 1. The second-order valence-electron chi connectivity index (χ2n) is 13.6. The molecule has 3 saturated heterocycles. The highest BCUT2D eigenvalue weighted by molar-refractivity contribution is 5.73. The summed E-state index contributed by atoms with van der Waals surface area (Å²) in [5.41, 5.74) is -3.87. The first-order valence-electron chi connectivity index (χ1n) is 15.0. The molecule has 0 saturated carbocycles. The van der Waals surface area contributed by atoms with E-state index in [9.17, 15) is 20.1 Å². The lowest BCUT2D eigenvalue weighted by Gasteiger charge is -2.47. The van der Waals surface area contributed by atoms with Gasteiger partial charge in [0.05, 0.1) is 30.3 Å². The third kappa shape index (κ3) is 6.86. The van der Waals surface area contributed by atoms with Crippen molar-refractivity contribution in [3.8, 4) is 0 Å². The highest BCUT2D eigenvalue weighted by atomic mass is 16.7. The summed E-state index contributed by atoms with van der Waals surface area (Å²) in [5, 5.41) is 37.1. The summed E-state index contributed by atoms with van der Waals surface area (Å²) >= 11 is 0. The summed E-state index contributed by atoms with van der Waals surface area (Å²) in [4.78, 5) is 13.6. The van der Waals surface area contributed by atoms with Gasteiger partial charge in [-0.15, -0.1) is 0 Å². The molecular formula is C30H55NO9. The number of aliphatic hydroxyl groups is 3. The van der Waals surface area contributed by atoms with Gasteiger partial charge >= 0.3 is 5.97 Å². The van der Waals surface area contributed by atoms with Gasteiger partial charge in [0, 0.05) is 19.6 Å². The van der Waals surface area contributed by atoms with Crippen LogP contribution in [0.5, 0.6) is 0 Å². The normalized spacial score (nSPS) is 51.5. The van der Waals surface area contributed by atoms with E-state index in [0.29, 0.717) is 38.8 Å². The van der Waals surface area contributed by atoms with Gasteiger partial charge in [-0.2, -0.15) is 0 Å². The SMILES string of the molecule is CC[C@H]1OC(=O)[C@H](C)[C@@H](O[C@H]2C[C@@](C)(OC)[C@]3(CO3)[C@H](C)O2)[C@H](C)C[C@@](C)(O)C[C@@H](C)CN[C@H](C)[C@@H](O)[C@]1(C)O. The molecule has 3 aliphatic heterocycles. The lowest BCUT2D eigenvalue weighted by Crippen LogP contribution is -2.60. The van der Waals surface area contributed by atoms with Gasteiger partial charge in [-0.3, -0.25) is 4.79 Å². The molecular weight excluding hydrogens is 518 g/mol. The number of aliphatic hydroxyl groups excluding tert-OH is 1. The van der Waals surface area contributed by atoms with Crippen molar-refractivity contribution in [3.63, 3.8) is 0 Å². The predicted octanol–water partition coefficient (Wildman–Crippen LogP) is 2.55. The van der Waals surface area contributed by atoms with Crippen LogP contribution in [0.3, 0.4) is 0 Å². The zero-order valence-corrected chi connectivity index (χ0v) is 26.2. The van der Waals surface area contributed by atoms with Crippen molar-refractivity contribution in [2.45, 2.75) is 147 Å². The van der Waals surface area contributed by atoms with Gasteiger partial charge in [0.1, 0.15) is 29.0 Å². The zero-order chi connectivity index (χ0) is 30.3. The minimum atomic E-state index is -1.69. The second-order valence-corrected chi connectivity index (χ2v) is 13.6. The van der Waals surface area contributed by atoms with Crippen molar-refractivity contribution < 1.29 is 43.8 Å². The van der Waals surface area contributed by atoms with Gasteiger partial charge in [0.25, 0.3) is 0 Å². The number of carbonyl (C=O) groups is 1. The molecule has 1 spiro atoms. The van der Waals surface area contributed by atoms with E-state index >= 15 is 0 Å². The van der Waals surface area contributed by atoms with Gasteiger partial charge in [-0.25, -0.2) is 0 Å². The number of cyclic esters (lactones) is 1. The summed E-state index contributed by atoms with van der Waals surface area (Å²) in [6.45, 7) is 17.7. The van der Waals surface area contributed by atoms with Crippen LogP contribution in [0.25, 0.3) is 0 Å². The van der Waals surface area contributed by atoms with E-state index in [4.69, 9.17) is 23.7 Å². The Labute approximate surface area is 240 Å². The van der Waals surface area contributed by atoms with E-state index in [1.165, 1.54) is 6.92 Å². The van der Waals surface area contributed by atoms with Gasteiger partial charge in [-0.05, 0) is 79.2 Å². The van der Waals surface area contributed by atoms with Crippen molar-refractivity contribution >= 4 is 5.97 Å². The van der Waals surface area contributed by atoms with E-state index in [0.717, 1.165) is 0 Å². The van der Waals surface area contributed by atoms with Crippen LogP contribution in [-0.4, -0.2) is 101 Å². The molecule has 10 heteroatoms. The van der Waals surface area contributed by atoms with Crippen LogP contribution in [0.4, 0.5) is 0 Å². The molecule has 0 unspecified atom stereocenters. The molecule has 10 nitrogen and oxygen atoms in total. The Morgan fingerprint density at radius 2 is 1.68 bits per heavy atom. The monoisotopic (exact) mass is 573 g/mol. The van der Waals surface area contributed by atoms with Crippen LogP contribution in [-0.2, 0) is 28.5 Å². The minimum Gasteiger partial charge on any atom is -0.459 e. The van der Waals surface area contributed by atoms with Crippen LogP contribution < -0.4 is 5.32 Å². The highest BCUT2D eigenvalue weighted by Gasteiger charge is 2.67. The molecule has 0 radical (unpaired) electrons. The smallest absolute Gasteiger partial charge is 0.311 e. The van der Waals surface area contributed by atoms with Crippen LogP contribution in [0, 0.1) is 17.8 Å². The Kier molecular flexibility index (Phi) is 10.4. The summed E-state index contributed by atoms with van der Waals surface area (Å²) < 4.78 is 30.5. The summed E-state index contributed by atoms with van der Waals surface area (Å²) in [6.07, 6.45) is -2.10. The number of hydrogen-bond acceptors (Lipinski definition) is 10. The second kappa shape index (κ2) is 12.4. The molecule has 0 aliphatic carbocycles. The zero-order valence-electron chi connectivity index (χ0n) is 26.2. The topological polar surface area (TPSA) is 139 Å².